The standard InChI is InChI=1S/C85H135N19O12/c1-5-8-11-13-15-17-19-21-23-25-27-29-34-47-72(105)90-50-39-52-92-81(114)83-103-104(84(116-83)82(115)93-53-40-51-91-73(106)48-35-30-28-26-24-22-20-18-16-14-12-9-6-2)59-74(107)98-67(44-10-7-3)77(110)97-61(4)76(109)101-71(56-64-58-89-60-96-64)80(113)102-70(54-62-41-32-31-33-42-62)79(112)99-68(46-38-49-94-85(87)88)78(111)100-69(75(86)108)55-63-57-95-66-45-37-36-43-65(63)66/h17-20,31-33,36-37,41-43,45,57-58,60-61,67-71,83-84,95,103H,5-16,21-30,34-35,38-40,44,46-56,59H2,1-4H3,(H2,86,108)(H,89,96)(H,90,105)(H,91,106)(H,92,114)(H,93,115)(H,97,110)(H,98,107)(H,99,112)(H,100,111)(H,101,109)(H,102,113)(H4,87,88,94)/b19-17-,20-18-/t61-,67-,68-,69-,70+,71-,83?,84?/m0/s1. The Morgan fingerprint density at radius 3 is 1.56 bits per heavy atom. The zero-order valence-corrected chi connectivity index (χ0v) is 69.1. The van der Waals surface area contributed by atoms with Crippen molar-refractivity contribution in [2.75, 3.05) is 39.3 Å². The van der Waals surface area contributed by atoms with Gasteiger partial charge in [-0.2, -0.15) is 5.01 Å². The Hall–Kier alpha value is -10.0. The lowest BCUT2D eigenvalue weighted by Gasteiger charge is -2.27. The summed E-state index contributed by atoms with van der Waals surface area (Å²) in [5.41, 5.74) is 22.4. The number of amides is 11. The van der Waals surface area contributed by atoms with Gasteiger partial charge >= 0.3 is 0 Å². The van der Waals surface area contributed by atoms with Crippen molar-refractivity contribution in [1.29, 1.82) is 0 Å². The first-order valence-electron chi connectivity index (χ1n) is 42.5. The fraction of sp³-hybridized carbons (Fsp3) is 0.612. The van der Waals surface area contributed by atoms with Crippen LogP contribution >= 0.6 is 0 Å². The number of hydrogen-bond acceptors (Lipinski definition) is 16. The van der Waals surface area contributed by atoms with E-state index in [4.69, 9.17) is 21.9 Å². The van der Waals surface area contributed by atoms with Crippen LogP contribution in [0.5, 0.6) is 0 Å². The molecule has 0 spiro atoms. The van der Waals surface area contributed by atoms with Crippen LogP contribution in [0, 0.1) is 0 Å². The maximum Gasteiger partial charge on any atom is 0.265 e. The molecule has 11 amide bonds. The highest BCUT2D eigenvalue weighted by Gasteiger charge is 2.42. The van der Waals surface area contributed by atoms with Crippen LogP contribution in [0.3, 0.4) is 0 Å². The first-order chi connectivity index (χ1) is 56.2. The normalized spacial score (nSPS) is 15.0. The third-order valence-corrected chi connectivity index (χ3v) is 20.0. The van der Waals surface area contributed by atoms with Crippen LogP contribution in [-0.2, 0) is 76.7 Å². The van der Waals surface area contributed by atoms with Gasteiger partial charge in [-0.05, 0) is 120 Å². The number of hydrazine groups is 1. The number of guanidine groups is 1. The van der Waals surface area contributed by atoms with Gasteiger partial charge in [0.1, 0.15) is 36.3 Å². The zero-order valence-electron chi connectivity index (χ0n) is 69.1. The van der Waals surface area contributed by atoms with Crippen molar-refractivity contribution in [3.8, 4) is 0 Å². The van der Waals surface area contributed by atoms with Gasteiger partial charge in [0.05, 0.1) is 12.9 Å². The molecule has 31 heteroatoms. The fourth-order valence-corrected chi connectivity index (χ4v) is 13.3. The topological polar surface area (TPSA) is 467 Å². The zero-order chi connectivity index (χ0) is 83.9. The summed E-state index contributed by atoms with van der Waals surface area (Å²) < 4.78 is 5.99. The van der Waals surface area contributed by atoms with E-state index in [-0.39, 0.29) is 82.5 Å². The van der Waals surface area contributed by atoms with E-state index in [9.17, 15) is 52.7 Å². The second-order valence-electron chi connectivity index (χ2n) is 30.0. The molecule has 1 fully saturated rings. The van der Waals surface area contributed by atoms with Gasteiger partial charge in [-0.25, -0.2) is 10.4 Å². The molecule has 1 saturated heterocycles. The number of benzene rings is 2. The first kappa shape index (κ1) is 96.6. The van der Waals surface area contributed by atoms with Crippen molar-refractivity contribution in [3.63, 3.8) is 0 Å². The highest BCUT2D eigenvalue weighted by Crippen LogP contribution is 2.21. The maximum atomic E-state index is 14.8. The predicted molar refractivity (Wildman–Crippen MR) is 451 cm³/mol. The van der Waals surface area contributed by atoms with Gasteiger partial charge in [0.25, 0.3) is 11.8 Å². The lowest BCUT2D eigenvalue weighted by Crippen LogP contribution is -2.60. The number of aromatic amines is 2. The number of nitrogens with two attached hydrogens (primary N) is 3. The number of carbonyl (C=O) groups is 11. The van der Waals surface area contributed by atoms with E-state index in [0.717, 1.165) is 106 Å². The van der Waals surface area contributed by atoms with Gasteiger partial charge in [0, 0.05) is 93.8 Å². The number of fused-ring (bicyclic) bond motifs is 1. The van der Waals surface area contributed by atoms with E-state index >= 15 is 0 Å². The summed E-state index contributed by atoms with van der Waals surface area (Å²) in [4.78, 5) is 167. The van der Waals surface area contributed by atoms with Crippen molar-refractivity contribution < 1.29 is 57.5 Å². The molecular weight excluding hydrogens is 1480 g/mol. The van der Waals surface area contributed by atoms with Crippen LogP contribution in [0.25, 0.3) is 10.9 Å². The predicted octanol–water partition coefficient (Wildman–Crippen LogP) is 6.83. The summed E-state index contributed by atoms with van der Waals surface area (Å²) in [7, 11) is 0. The first-order valence-corrected chi connectivity index (χ1v) is 42.5. The van der Waals surface area contributed by atoms with Gasteiger partial charge < -0.3 is 85.1 Å². The van der Waals surface area contributed by atoms with Gasteiger partial charge in [-0.3, -0.25) is 57.7 Å². The Kier molecular flexibility index (Phi) is 48.2. The number of hydrogen-bond donors (Lipinski definition) is 16. The Bertz CT molecular complexity index is 3660. The highest BCUT2D eigenvalue weighted by atomic mass is 16.6. The number of primary amides is 1. The number of allylic oxidation sites excluding steroid dienone is 4. The molecule has 2 aromatic carbocycles. The van der Waals surface area contributed by atoms with Gasteiger partial charge in [-0.15, -0.1) is 0 Å². The van der Waals surface area contributed by atoms with E-state index in [1.807, 2.05) is 31.2 Å². The molecule has 4 aromatic rings. The number of imidazole rings is 1. The van der Waals surface area contributed by atoms with Crippen molar-refractivity contribution in [2.24, 2.45) is 22.2 Å². The second kappa shape index (κ2) is 57.9. The number of ether oxygens (including phenoxy) is 1. The van der Waals surface area contributed by atoms with Crippen molar-refractivity contribution in [1.82, 2.24) is 78.6 Å². The number of H-pyrrole nitrogens is 2. The summed E-state index contributed by atoms with van der Waals surface area (Å²) in [5, 5.41) is 29.7. The van der Waals surface area contributed by atoms with E-state index in [1.54, 1.807) is 36.5 Å². The minimum Gasteiger partial charge on any atom is -0.370 e. The number of nitrogens with one attached hydrogen (secondary N) is 13. The average molecular weight is 1620 g/mol. The van der Waals surface area contributed by atoms with Crippen molar-refractivity contribution >= 4 is 81.8 Å². The van der Waals surface area contributed by atoms with Crippen molar-refractivity contribution in [3.05, 3.63) is 114 Å². The SMILES string of the molecule is CCCCCC/C=C\CCCCCCCC(=O)NCCCNC(=O)C1NN(CC(=O)N[C@@H](CCCC)C(=O)N[C@@H](C)C(=O)N[C@@H](Cc2cnc[nH]2)C(=O)N[C@H](Cc2ccccc2)C(=O)N[C@@H](CCCN=C(N)N)C(=O)N[C@@H](Cc2c[nH]c3ccccc23)C(N)=O)C(C(=O)NCCCNC(=O)CCCCCCC/C=C\CCCCCC)O1. The van der Waals surface area contributed by atoms with Crippen LogP contribution < -0.4 is 75.8 Å². The molecule has 1 aliphatic heterocycles. The quantitative estimate of drug-likeness (QED) is 0.00932. The maximum absolute atomic E-state index is 14.8. The summed E-state index contributed by atoms with van der Waals surface area (Å²) in [6.07, 6.45) is 38.0. The van der Waals surface area contributed by atoms with Crippen LogP contribution in [0.15, 0.2) is 103 Å². The van der Waals surface area contributed by atoms with Crippen LogP contribution in [0.1, 0.15) is 244 Å². The molecule has 31 nitrogen and oxygen atoms in total. The van der Waals surface area contributed by atoms with Crippen LogP contribution in [-0.4, -0.2) is 179 Å². The van der Waals surface area contributed by atoms with E-state index in [2.05, 4.69) is 117 Å². The van der Waals surface area contributed by atoms with E-state index in [0.29, 0.717) is 61.9 Å². The third kappa shape index (κ3) is 40.0. The highest BCUT2D eigenvalue weighted by molar-refractivity contribution is 5.98. The Morgan fingerprint density at radius 2 is 0.983 bits per heavy atom. The molecule has 0 bridgehead atoms. The molecular formula is C85H135N19O12. The largest absolute Gasteiger partial charge is 0.370 e. The molecule has 2 unspecified atom stereocenters. The molecule has 0 radical (unpaired) electrons. The molecule has 0 saturated carbocycles. The molecule has 19 N–H and O–H groups in total. The summed E-state index contributed by atoms with van der Waals surface area (Å²) >= 11 is 0. The van der Waals surface area contributed by atoms with Crippen LogP contribution in [0.4, 0.5) is 0 Å². The molecule has 2 aromatic heterocycles. The molecule has 116 heavy (non-hydrogen) atoms. The monoisotopic (exact) mass is 1610 g/mol. The number of rotatable bonds is 63. The third-order valence-electron chi connectivity index (χ3n) is 20.0. The van der Waals surface area contributed by atoms with E-state index in [1.165, 1.54) is 70.8 Å². The lowest BCUT2D eigenvalue weighted by molar-refractivity contribution is -0.144. The number of carbonyl (C=O) groups excluding carboxylic acids is 11. The molecule has 8 atom stereocenters. The fourth-order valence-electron chi connectivity index (χ4n) is 13.3. The number of aliphatic imine (C=N–C) groups is 1. The molecule has 5 rings (SSSR count). The Labute approximate surface area is 685 Å². The average Bonchev–Trinajstić information content (AvgIpc) is 1.67. The molecule has 0 aliphatic carbocycles. The number of unbranched alkanes of at least 4 members (excludes halogenated alkanes) is 19. The summed E-state index contributed by atoms with van der Waals surface area (Å²) in [5.74, 6) is -7.26. The van der Waals surface area contributed by atoms with Crippen LogP contribution in [0.2, 0.25) is 0 Å². The molecule has 1 aliphatic rings. The van der Waals surface area contributed by atoms with Gasteiger partial charge in [0.15, 0.2) is 5.96 Å². The smallest absolute Gasteiger partial charge is 0.265 e. The number of aromatic nitrogens is 3. The Balaban J connectivity index is 1.21. The molecule has 3 heterocycles. The number of nitrogens with zero attached hydrogens (tertiary/aromatic N) is 3. The van der Waals surface area contributed by atoms with Gasteiger partial charge in [0.2, 0.25) is 65.6 Å². The summed E-state index contributed by atoms with van der Waals surface area (Å²) in [6, 6.07) is 8.23. The Morgan fingerprint density at radius 1 is 0.491 bits per heavy atom. The minimum absolute atomic E-state index is 0.0185. The minimum atomic E-state index is -1.53. The van der Waals surface area contributed by atoms with Crippen molar-refractivity contribution in [2.45, 2.75) is 295 Å². The molecule has 642 valence electrons. The van der Waals surface area contributed by atoms with Gasteiger partial charge in [-0.1, -0.05) is 183 Å². The second-order valence-corrected chi connectivity index (χ2v) is 30.0. The summed E-state index contributed by atoms with van der Waals surface area (Å²) in [6.45, 7) is 8.04. The number of para-hydroxylation sites is 1. The van der Waals surface area contributed by atoms with E-state index < -0.39 is 108 Å². The lowest BCUT2D eigenvalue weighted by atomic mass is 10.0.